The average molecular weight is 403 g/mol. The van der Waals surface area contributed by atoms with Crippen LogP contribution in [0.5, 0.6) is 5.75 Å². The van der Waals surface area contributed by atoms with Gasteiger partial charge < -0.3 is 10.1 Å². The molecule has 1 atom stereocenters. The quantitative estimate of drug-likeness (QED) is 0.853. The van der Waals surface area contributed by atoms with Crippen LogP contribution in [0.4, 0.5) is 0 Å². The van der Waals surface area contributed by atoms with E-state index in [4.69, 9.17) is 4.74 Å². The van der Waals surface area contributed by atoms with Crippen molar-refractivity contribution in [2.75, 3.05) is 26.7 Å². The van der Waals surface area contributed by atoms with Crippen LogP contribution in [0.2, 0.25) is 0 Å². The van der Waals surface area contributed by atoms with Gasteiger partial charge >= 0.3 is 0 Å². The fourth-order valence-electron chi connectivity index (χ4n) is 3.17. The first-order chi connectivity index (χ1) is 11.4. The molecule has 1 aromatic heterocycles. The first kappa shape index (κ1) is 20.2. The first-order valence-electron chi connectivity index (χ1n) is 7.87. The van der Waals surface area contributed by atoms with E-state index in [2.05, 4.69) is 5.32 Å². The van der Waals surface area contributed by atoms with Crippen LogP contribution < -0.4 is 10.1 Å². The number of aryl methyl sites for hydroxylation is 2. The maximum Gasteiger partial charge on any atom is 0.244 e. The van der Waals surface area contributed by atoms with Gasteiger partial charge in [0.15, 0.2) is 0 Å². The fourth-order valence-corrected chi connectivity index (χ4v) is 6.30. The Morgan fingerprint density at radius 1 is 1.28 bits per heavy atom. The van der Waals surface area contributed by atoms with Crippen LogP contribution >= 0.6 is 23.7 Å². The maximum absolute atomic E-state index is 13.3. The van der Waals surface area contributed by atoms with Gasteiger partial charge in [-0.25, -0.2) is 8.42 Å². The average Bonchev–Trinajstić information content (AvgIpc) is 2.94. The monoisotopic (exact) mass is 402 g/mol. The summed E-state index contributed by atoms with van der Waals surface area (Å²) in [6.07, 6.45) is 0. The molecule has 25 heavy (non-hydrogen) atoms. The van der Waals surface area contributed by atoms with Gasteiger partial charge in [-0.3, -0.25) is 0 Å². The molecule has 0 radical (unpaired) electrons. The van der Waals surface area contributed by atoms with Crippen LogP contribution in [0.25, 0.3) is 0 Å². The van der Waals surface area contributed by atoms with Crippen molar-refractivity contribution in [3.05, 3.63) is 45.6 Å². The molecule has 1 aliphatic heterocycles. The van der Waals surface area contributed by atoms with E-state index in [1.54, 1.807) is 17.5 Å². The molecule has 0 spiro atoms. The molecule has 1 fully saturated rings. The summed E-state index contributed by atoms with van der Waals surface area (Å²) in [5, 5.41) is 3.30. The third kappa shape index (κ3) is 3.85. The number of piperazine rings is 1. The summed E-state index contributed by atoms with van der Waals surface area (Å²) in [5.74, 6) is 0.713. The molecule has 0 amide bonds. The molecule has 0 bridgehead atoms. The lowest BCUT2D eigenvalue weighted by Crippen LogP contribution is -2.48. The summed E-state index contributed by atoms with van der Waals surface area (Å²) in [7, 11) is -1.93. The smallest absolute Gasteiger partial charge is 0.244 e. The Kier molecular flexibility index (Phi) is 6.51. The summed E-state index contributed by atoms with van der Waals surface area (Å²) in [5.41, 5.74) is 0.889. The Labute approximate surface area is 159 Å². The van der Waals surface area contributed by atoms with Crippen LogP contribution in [0.1, 0.15) is 21.4 Å². The van der Waals surface area contributed by atoms with E-state index >= 15 is 0 Å². The van der Waals surface area contributed by atoms with Crippen LogP contribution in [0, 0.1) is 13.8 Å². The Morgan fingerprint density at radius 3 is 2.64 bits per heavy atom. The molecular formula is C17H23ClN2O3S2. The molecule has 2 heterocycles. The number of ether oxygens (including phenoxy) is 1. The lowest BCUT2D eigenvalue weighted by atomic mass is 10.0. The number of halogens is 1. The van der Waals surface area contributed by atoms with Crippen LogP contribution in [-0.4, -0.2) is 39.5 Å². The summed E-state index contributed by atoms with van der Waals surface area (Å²) in [4.78, 5) is 2.27. The van der Waals surface area contributed by atoms with Crippen LogP contribution in [-0.2, 0) is 10.0 Å². The number of nitrogens with zero attached hydrogens (tertiary/aromatic N) is 1. The number of nitrogens with one attached hydrogen (secondary N) is 1. The summed E-state index contributed by atoms with van der Waals surface area (Å²) in [6, 6.07) is 9.11. The molecular weight excluding hydrogens is 380 g/mol. The molecule has 2 aromatic rings. The van der Waals surface area contributed by atoms with Gasteiger partial charge in [0.2, 0.25) is 10.0 Å². The molecule has 138 valence electrons. The number of hydrogen-bond donors (Lipinski definition) is 1. The number of benzene rings is 1. The lowest BCUT2D eigenvalue weighted by Gasteiger charge is -2.36. The molecule has 8 heteroatoms. The number of rotatable bonds is 4. The van der Waals surface area contributed by atoms with Crippen molar-refractivity contribution in [1.82, 2.24) is 9.62 Å². The minimum absolute atomic E-state index is 0. The lowest BCUT2D eigenvalue weighted by molar-refractivity contribution is 0.264. The zero-order valence-corrected chi connectivity index (χ0v) is 16.9. The third-order valence-corrected chi connectivity index (χ3v) is 7.40. The number of thiophene rings is 1. The molecule has 1 unspecified atom stereocenters. The Bertz CT molecular complexity index is 836. The van der Waals surface area contributed by atoms with Gasteiger partial charge in [0.25, 0.3) is 0 Å². The van der Waals surface area contributed by atoms with E-state index in [0.717, 1.165) is 15.3 Å². The van der Waals surface area contributed by atoms with Gasteiger partial charge in [-0.2, -0.15) is 4.31 Å². The normalized spacial score (nSPS) is 18.6. The second-order valence-corrected chi connectivity index (χ2v) is 9.17. The summed E-state index contributed by atoms with van der Waals surface area (Å²) >= 11 is 1.52. The van der Waals surface area contributed by atoms with Crippen molar-refractivity contribution >= 4 is 33.8 Å². The van der Waals surface area contributed by atoms with Gasteiger partial charge in [-0.05, 0) is 26.0 Å². The van der Waals surface area contributed by atoms with E-state index in [-0.39, 0.29) is 18.4 Å². The highest BCUT2D eigenvalue weighted by atomic mass is 35.5. The molecule has 0 aliphatic carbocycles. The minimum Gasteiger partial charge on any atom is -0.496 e. The van der Waals surface area contributed by atoms with Gasteiger partial charge in [-0.15, -0.1) is 23.7 Å². The van der Waals surface area contributed by atoms with Crippen LogP contribution in [0.3, 0.4) is 0 Å². The van der Waals surface area contributed by atoms with E-state index < -0.39 is 10.0 Å². The van der Waals surface area contributed by atoms with Crippen molar-refractivity contribution in [3.8, 4) is 5.75 Å². The van der Waals surface area contributed by atoms with Gasteiger partial charge in [-0.1, -0.05) is 18.2 Å². The van der Waals surface area contributed by atoms with Crippen LogP contribution in [0.15, 0.2) is 35.2 Å². The molecule has 1 saturated heterocycles. The van der Waals surface area contributed by atoms with Crippen molar-refractivity contribution in [2.45, 2.75) is 24.8 Å². The molecule has 3 rings (SSSR count). The minimum atomic E-state index is -3.55. The second-order valence-electron chi connectivity index (χ2n) is 5.86. The number of para-hydroxylation sites is 1. The van der Waals surface area contributed by atoms with E-state index in [9.17, 15) is 8.42 Å². The highest BCUT2D eigenvalue weighted by Crippen LogP contribution is 2.36. The van der Waals surface area contributed by atoms with Gasteiger partial charge in [0, 0.05) is 35.0 Å². The van der Waals surface area contributed by atoms with Gasteiger partial charge in [0.1, 0.15) is 5.75 Å². The number of methoxy groups -OCH3 is 1. The zero-order valence-electron chi connectivity index (χ0n) is 14.5. The fraction of sp³-hybridized carbons (Fsp3) is 0.412. The summed E-state index contributed by atoms with van der Waals surface area (Å²) in [6.45, 7) is 5.46. The SMILES string of the molecule is COc1ccccc1C1CNCCN1S(=O)(=O)c1cc(C)sc1C.Cl. The Hall–Kier alpha value is -1.12. The van der Waals surface area contributed by atoms with E-state index in [0.29, 0.717) is 30.3 Å². The van der Waals surface area contributed by atoms with Crippen molar-refractivity contribution < 1.29 is 13.2 Å². The molecule has 1 aromatic carbocycles. The highest BCUT2D eigenvalue weighted by Gasteiger charge is 2.36. The first-order valence-corrected chi connectivity index (χ1v) is 10.1. The van der Waals surface area contributed by atoms with Crippen molar-refractivity contribution in [3.63, 3.8) is 0 Å². The predicted molar refractivity (Wildman–Crippen MR) is 104 cm³/mol. The molecule has 1 N–H and O–H groups in total. The summed E-state index contributed by atoms with van der Waals surface area (Å²) < 4.78 is 33.6. The molecule has 1 aliphatic rings. The third-order valence-electron chi connectivity index (χ3n) is 4.27. The second kappa shape index (κ2) is 8.05. The van der Waals surface area contributed by atoms with Crippen molar-refractivity contribution in [2.24, 2.45) is 0 Å². The van der Waals surface area contributed by atoms with Gasteiger partial charge in [0.05, 0.1) is 18.0 Å². The topological polar surface area (TPSA) is 58.6 Å². The zero-order chi connectivity index (χ0) is 17.3. The predicted octanol–water partition coefficient (Wildman–Crippen LogP) is 3.13. The highest BCUT2D eigenvalue weighted by molar-refractivity contribution is 7.89. The standard InChI is InChI=1S/C17H22N2O3S2.ClH/c1-12-10-17(13(2)23-12)24(20,21)19-9-8-18-11-15(19)14-6-4-5-7-16(14)22-3;/h4-7,10,15,18H,8-9,11H2,1-3H3;1H. The molecule has 0 saturated carbocycles. The largest absolute Gasteiger partial charge is 0.496 e. The number of hydrogen-bond acceptors (Lipinski definition) is 5. The van der Waals surface area contributed by atoms with Crippen molar-refractivity contribution in [1.29, 1.82) is 0 Å². The Balaban J connectivity index is 0.00000225. The Morgan fingerprint density at radius 2 is 2.00 bits per heavy atom. The molecule has 5 nitrogen and oxygen atoms in total. The van der Waals surface area contributed by atoms with E-state index in [1.807, 2.05) is 38.1 Å². The van der Waals surface area contributed by atoms with E-state index in [1.165, 1.54) is 11.3 Å². The maximum atomic E-state index is 13.3. The number of sulfonamides is 1.